The summed E-state index contributed by atoms with van der Waals surface area (Å²) in [5, 5.41) is 17.5. The van der Waals surface area contributed by atoms with E-state index in [1.165, 1.54) is 75.8 Å². The first-order chi connectivity index (χ1) is 24.2. The third kappa shape index (κ3) is 4.13. The fourth-order valence-electron chi connectivity index (χ4n) is 8.00. The summed E-state index contributed by atoms with van der Waals surface area (Å²) in [6.45, 7) is 0. The van der Waals surface area contributed by atoms with Gasteiger partial charge in [-0.25, -0.2) is 0 Å². The minimum atomic E-state index is 0.909. The van der Waals surface area contributed by atoms with Crippen molar-refractivity contribution in [3.05, 3.63) is 170 Å². The van der Waals surface area contributed by atoms with E-state index in [4.69, 9.17) is 4.42 Å². The molecule has 0 aliphatic carbocycles. The van der Waals surface area contributed by atoms with Gasteiger partial charge in [-0.1, -0.05) is 109 Å². The van der Waals surface area contributed by atoms with Crippen LogP contribution in [0.3, 0.4) is 0 Å². The lowest BCUT2D eigenvalue weighted by molar-refractivity contribution is 0.669. The van der Waals surface area contributed by atoms with Crippen molar-refractivity contribution in [2.24, 2.45) is 0 Å². The third-order valence-electron chi connectivity index (χ3n) is 10.5. The summed E-state index contributed by atoms with van der Waals surface area (Å²) in [4.78, 5) is 0. The van der Waals surface area contributed by atoms with Crippen molar-refractivity contribution >= 4 is 86.6 Å². The van der Waals surface area contributed by atoms with Crippen LogP contribution in [0.25, 0.3) is 109 Å². The molecule has 49 heavy (non-hydrogen) atoms. The van der Waals surface area contributed by atoms with Crippen LogP contribution in [0.2, 0.25) is 0 Å². The van der Waals surface area contributed by atoms with Gasteiger partial charge in [-0.15, -0.1) is 0 Å². The summed E-state index contributed by atoms with van der Waals surface area (Å²) in [6, 6.07) is 62.2. The Morgan fingerprint density at radius 1 is 0.224 bits per heavy atom. The van der Waals surface area contributed by atoms with E-state index in [1.807, 2.05) is 0 Å². The van der Waals surface area contributed by atoms with E-state index >= 15 is 0 Å². The fourth-order valence-corrected chi connectivity index (χ4v) is 8.00. The van der Waals surface area contributed by atoms with Crippen LogP contribution in [0, 0.1) is 0 Å². The molecule has 0 saturated heterocycles. The van der Waals surface area contributed by atoms with Gasteiger partial charge in [-0.05, 0) is 148 Å². The monoisotopic (exact) mass is 620 g/mol. The molecule has 11 aromatic rings. The molecule has 1 aromatic heterocycles. The lowest BCUT2D eigenvalue weighted by Gasteiger charge is -2.09. The van der Waals surface area contributed by atoms with E-state index in [2.05, 4.69) is 170 Å². The molecule has 11 rings (SSSR count). The van der Waals surface area contributed by atoms with E-state index < -0.39 is 0 Å². The highest BCUT2D eigenvalue weighted by Crippen LogP contribution is 2.38. The largest absolute Gasteiger partial charge is 0.456 e. The molecule has 0 aliphatic rings. The van der Waals surface area contributed by atoms with Crippen LogP contribution >= 0.6 is 0 Å². The molecule has 0 N–H and O–H groups in total. The summed E-state index contributed by atoms with van der Waals surface area (Å²) >= 11 is 0. The molecule has 10 aromatic carbocycles. The normalized spacial score (nSPS) is 12.1. The van der Waals surface area contributed by atoms with Crippen molar-refractivity contribution in [2.75, 3.05) is 0 Å². The standard InChI is InChI=1S/C48H28O/c1-3-7-41-29(5-1)9-15-37-23-39-21-31(11-13-33(39)25-45(37)41)35-17-19-43-44-20-18-36(28-48(44)49-47(43)27-35)32-12-14-34-26-46-38(24-40(34)22-32)16-10-30-6-2-4-8-42(30)46/h1-28H. The Morgan fingerprint density at radius 3 is 1.14 bits per heavy atom. The first kappa shape index (κ1) is 26.6. The van der Waals surface area contributed by atoms with Gasteiger partial charge in [0.15, 0.2) is 0 Å². The molecule has 0 unspecified atom stereocenters. The van der Waals surface area contributed by atoms with Gasteiger partial charge in [0.2, 0.25) is 0 Å². The molecule has 0 atom stereocenters. The van der Waals surface area contributed by atoms with E-state index in [1.54, 1.807) is 0 Å². The molecular formula is C48H28O. The van der Waals surface area contributed by atoms with Crippen molar-refractivity contribution in [1.82, 2.24) is 0 Å². The zero-order valence-corrected chi connectivity index (χ0v) is 26.6. The third-order valence-corrected chi connectivity index (χ3v) is 10.5. The first-order valence-electron chi connectivity index (χ1n) is 16.9. The number of benzene rings is 10. The second-order valence-electron chi connectivity index (χ2n) is 13.4. The van der Waals surface area contributed by atoms with Gasteiger partial charge in [0.05, 0.1) is 0 Å². The van der Waals surface area contributed by atoms with Gasteiger partial charge in [0, 0.05) is 10.8 Å². The minimum Gasteiger partial charge on any atom is -0.456 e. The van der Waals surface area contributed by atoms with Crippen molar-refractivity contribution in [2.45, 2.75) is 0 Å². The highest BCUT2D eigenvalue weighted by molar-refractivity contribution is 6.14. The molecule has 0 radical (unpaired) electrons. The molecule has 0 spiro atoms. The maximum atomic E-state index is 6.55. The Balaban J connectivity index is 0.971. The number of fused-ring (bicyclic) bond motifs is 11. The predicted molar refractivity (Wildman–Crippen MR) is 210 cm³/mol. The zero-order chi connectivity index (χ0) is 32.1. The highest BCUT2D eigenvalue weighted by atomic mass is 16.3. The van der Waals surface area contributed by atoms with Crippen LogP contribution in [-0.4, -0.2) is 0 Å². The number of hydrogen-bond acceptors (Lipinski definition) is 1. The molecule has 1 nitrogen and oxygen atoms in total. The Labute approximate surface area is 282 Å². The molecule has 1 heterocycles. The lowest BCUT2D eigenvalue weighted by Crippen LogP contribution is -1.82. The zero-order valence-electron chi connectivity index (χ0n) is 26.6. The smallest absolute Gasteiger partial charge is 0.136 e. The number of rotatable bonds is 2. The number of furan rings is 1. The van der Waals surface area contributed by atoms with Crippen LogP contribution < -0.4 is 0 Å². The van der Waals surface area contributed by atoms with Gasteiger partial charge in [-0.3, -0.25) is 0 Å². The molecule has 1 heteroatoms. The summed E-state index contributed by atoms with van der Waals surface area (Å²) in [7, 11) is 0. The van der Waals surface area contributed by atoms with Crippen molar-refractivity contribution in [1.29, 1.82) is 0 Å². The second-order valence-corrected chi connectivity index (χ2v) is 13.4. The Hall–Kier alpha value is -6.44. The average Bonchev–Trinajstić information content (AvgIpc) is 3.53. The van der Waals surface area contributed by atoms with Gasteiger partial charge in [-0.2, -0.15) is 0 Å². The molecule has 0 bridgehead atoms. The molecule has 0 fully saturated rings. The van der Waals surface area contributed by atoms with E-state index in [0.29, 0.717) is 0 Å². The van der Waals surface area contributed by atoms with Crippen molar-refractivity contribution in [3.63, 3.8) is 0 Å². The second kappa shape index (κ2) is 10.0. The molecule has 226 valence electrons. The summed E-state index contributed by atoms with van der Waals surface area (Å²) in [6.07, 6.45) is 0. The van der Waals surface area contributed by atoms with Gasteiger partial charge in [0.1, 0.15) is 11.2 Å². The SMILES string of the molecule is c1ccc2c(c1)ccc1cc3cc(-c4ccc5c(c4)oc4cc(-c6ccc7cc8c(ccc9ccccc98)cc7c6)ccc45)ccc3cc12. The quantitative estimate of drug-likeness (QED) is 0.138. The van der Waals surface area contributed by atoms with E-state index in [-0.39, 0.29) is 0 Å². The number of hydrogen-bond donors (Lipinski definition) is 0. The molecule has 0 saturated carbocycles. The van der Waals surface area contributed by atoms with Gasteiger partial charge >= 0.3 is 0 Å². The molecule has 0 amide bonds. The maximum absolute atomic E-state index is 6.55. The van der Waals surface area contributed by atoms with E-state index in [0.717, 1.165) is 33.1 Å². The van der Waals surface area contributed by atoms with Crippen LogP contribution in [0.15, 0.2) is 174 Å². The van der Waals surface area contributed by atoms with Crippen molar-refractivity contribution < 1.29 is 4.42 Å². The molecule has 0 aliphatic heterocycles. The van der Waals surface area contributed by atoms with Gasteiger partial charge < -0.3 is 4.42 Å². The topological polar surface area (TPSA) is 13.1 Å². The Bertz CT molecular complexity index is 2950. The van der Waals surface area contributed by atoms with Gasteiger partial charge in [0.25, 0.3) is 0 Å². The van der Waals surface area contributed by atoms with Crippen LogP contribution in [0.1, 0.15) is 0 Å². The average molecular weight is 621 g/mol. The fraction of sp³-hybridized carbons (Fsp3) is 0. The minimum absolute atomic E-state index is 0.909. The summed E-state index contributed by atoms with van der Waals surface area (Å²) in [5.41, 5.74) is 6.50. The van der Waals surface area contributed by atoms with E-state index in [9.17, 15) is 0 Å². The Kier molecular flexibility index (Phi) is 5.45. The summed E-state index contributed by atoms with van der Waals surface area (Å²) < 4.78 is 6.55. The lowest BCUT2D eigenvalue weighted by atomic mass is 9.95. The van der Waals surface area contributed by atoms with Crippen molar-refractivity contribution in [3.8, 4) is 22.3 Å². The van der Waals surface area contributed by atoms with Crippen LogP contribution in [0.5, 0.6) is 0 Å². The van der Waals surface area contributed by atoms with Crippen LogP contribution in [-0.2, 0) is 0 Å². The maximum Gasteiger partial charge on any atom is 0.136 e. The van der Waals surface area contributed by atoms with Crippen LogP contribution in [0.4, 0.5) is 0 Å². The predicted octanol–water partition coefficient (Wildman–Crippen LogP) is 13.8. The Morgan fingerprint density at radius 2 is 0.633 bits per heavy atom. The highest BCUT2D eigenvalue weighted by Gasteiger charge is 2.12. The first-order valence-corrected chi connectivity index (χ1v) is 16.9. The molecular weight excluding hydrogens is 593 g/mol. The summed E-state index contributed by atoms with van der Waals surface area (Å²) in [5.74, 6) is 0.